The maximum atomic E-state index is 13.5. The Labute approximate surface area is 248 Å². The average Bonchev–Trinajstić information content (AvgIpc) is 2.98. The summed E-state index contributed by atoms with van der Waals surface area (Å²) in [5, 5.41) is 13.3. The Morgan fingerprint density at radius 2 is 1.56 bits per heavy atom. The third-order valence-corrected chi connectivity index (χ3v) is 9.60. The molecule has 218 valence electrons. The molecule has 5 fully saturated rings. The molecule has 4 aliphatic carbocycles. The topological polar surface area (TPSA) is 119 Å². The molecule has 3 aromatic rings. The third-order valence-electron chi connectivity index (χ3n) is 9.60. The first-order chi connectivity index (χ1) is 20.8. The number of urea groups is 1. The molecule has 1 heterocycles. The summed E-state index contributed by atoms with van der Waals surface area (Å²) in [5.41, 5.74) is 3.00. The fraction of sp³-hybridized carbons (Fsp3) is 0.324. The second kappa shape index (κ2) is 10.5. The molecule has 1 saturated heterocycles. The lowest BCUT2D eigenvalue weighted by molar-refractivity contribution is -0.384. The molecule has 5 aliphatic rings. The number of carbonyl (C=O) groups is 3. The Morgan fingerprint density at radius 3 is 2.19 bits per heavy atom. The molecule has 8 rings (SSSR count). The first-order valence-corrected chi connectivity index (χ1v) is 14.7. The van der Waals surface area contributed by atoms with Crippen LogP contribution in [0.2, 0.25) is 0 Å². The highest BCUT2D eigenvalue weighted by Gasteiger charge is 2.51. The largest absolute Gasteiger partial charge is 0.489 e. The minimum atomic E-state index is -0.764. The number of non-ortho nitro benzene ring substituents is 1. The van der Waals surface area contributed by atoms with Crippen molar-refractivity contribution >= 4 is 35.3 Å². The van der Waals surface area contributed by atoms with E-state index >= 15 is 0 Å². The second-order valence-corrected chi connectivity index (χ2v) is 12.5. The molecular weight excluding hydrogens is 546 g/mol. The molecule has 43 heavy (non-hydrogen) atoms. The molecule has 1 N–H and O–H groups in total. The van der Waals surface area contributed by atoms with E-state index in [0.717, 1.165) is 22.7 Å². The van der Waals surface area contributed by atoms with Crippen LogP contribution in [0.3, 0.4) is 0 Å². The Balaban J connectivity index is 1.06. The number of imide groups is 2. The summed E-state index contributed by atoms with van der Waals surface area (Å²) in [5.74, 6) is 1.53. The van der Waals surface area contributed by atoms with Crippen molar-refractivity contribution in [3.63, 3.8) is 0 Å². The van der Waals surface area contributed by atoms with Crippen LogP contribution in [0.1, 0.15) is 55.2 Å². The average molecular weight is 578 g/mol. The van der Waals surface area contributed by atoms with Gasteiger partial charge in [-0.2, -0.15) is 0 Å². The molecule has 9 heteroatoms. The van der Waals surface area contributed by atoms with Crippen LogP contribution in [0.15, 0.2) is 78.4 Å². The molecule has 4 amide bonds. The number of carbonyl (C=O) groups excluding carboxylic acids is 3. The maximum absolute atomic E-state index is 13.5. The van der Waals surface area contributed by atoms with Crippen molar-refractivity contribution in [1.82, 2.24) is 5.32 Å². The fourth-order valence-electron chi connectivity index (χ4n) is 8.07. The summed E-state index contributed by atoms with van der Waals surface area (Å²) in [6.45, 7) is 0.141. The van der Waals surface area contributed by atoms with Gasteiger partial charge in [-0.05, 0) is 109 Å². The SMILES string of the molecule is O=C1NC(=O)N(c2ccc(C34CC5CC(CC(C5)C3)C4)cc2)C(=O)/C1=C/c1ccc(OCc2cccc([N+](=O)[O-])c2)cc1. The van der Waals surface area contributed by atoms with Crippen LogP contribution in [-0.2, 0) is 21.6 Å². The van der Waals surface area contributed by atoms with Crippen LogP contribution in [0.4, 0.5) is 16.2 Å². The molecule has 0 atom stereocenters. The predicted molar refractivity (Wildman–Crippen MR) is 159 cm³/mol. The van der Waals surface area contributed by atoms with E-state index < -0.39 is 22.8 Å². The summed E-state index contributed by atoms with van der Waals surface area (Å²) >= 11 is 0. The summed E-state index contributed by atoms with van der Waals surface area (Å²) < 4.78 is 5.75. The van der Waals surface area contributed by atoms with E-state index in [1.807, 2.05) is 12.1 Å². The molecule has 4 bridgehead atoms. The van der Waals surface area contributed by atoms with Gasteiger partial charge >= 0.3 is 6.03 Å². The molecule has 0 spiro atoms. The number of nitro benzene ring substituents is 1. The van der Waals surface area contributed by atoms with Gasteiger partial charge in [-0.1, -0.05) is 36.4 Å². The standard InChI is InChI=1S/C34H31N3O6/c38-31-30(16-21-4-10-29(11-5-21)43-20-22-2-1-3-28(15-22)37(41)42)32(39)36(33(40)35-31)27-8-6-26(7-9-27)34-17-23-12-24(18-34)14-25(13-23)19-34/h1-11,15-16,23-25H,12-14,17-20H2,(H,35,38,40)/b30-16+. The smallest absolute Gasteiger partial charge is 0.335 e. The minimum absolute atomic E-state index is 0.00965. The number of nitrogens with zero attached hydrogens (tertiary/aromatic N) is 2. The zero-order valence-electron chi connectivity index (χ0n) is 23.5. The van der Waals surface area contributed by atoms with Gasteiger partial charge in [0.25, 0.3) is 17.5 Å². The molecular formula is C34H31N3O6. The lowest BCUT2D eigenvalue weighted by atomic mass is 9.48. The van der Waals surface area contributed by atoms with Gasteiger partial charge in [0.1, 0.15) is 17.9 Å². The number of hydrogen-bond donors (Lipinski definition) is 1. The predicted octanol–water partition coefficient (Wildman–Crippen LogP) is 6.31. The van der Waals surface area contributed by atoms with Crippen LogP contribution < -0.4 is 15.0 Å². The molecule has 9 nitrogen and oxygen atoms in total. The van der Waals surface area contributed by atoms with Crippen molar-refractivity contribution in [2.45, 2.75) is 50.5 Å². The third kappa shape index (κ3) is 5.09. The fourth-order valence-corrected chi connectivity index (χ4v) is 8.07. The second-order valence-electron chi connectivity index (χ2n) is 12.5. The summed E-state index contributed by atoms with van der Waals surface area (Å²) in [6.07, 6.45) is 9.20. The lowest BCUT2D eigenvalue weighted by Crippen LogP contribution is -2.54. The molecule has 0 unspecified atom stereocenters. The van der Waals surface area contributed by atoms with E-state index in [-0.39, 0.29) is 23.3 Å². The molecule has 3 aromatic carbocycles. The molecule has 4 saturated carbocycles. The summed E-state index contributed by atoms with van der Waals surface area (Å²) in [7, 11) is 0. The zero-order chi connectivity index (χ0) is 29.7. The van der Waals surface area contributed by atoms with E-state index in [4.69, 9.17) is 4.74 Å². The van der Waals surface area contributed by atoms with Crippen LogP contribution in [0, 0.1) is 27.9 Å². The number of ether oxygens (including phenoxy) is 1. The van der Waals surface area contributed by atoms with Crippen molar-refractivity contribution in [3.8, 4) is 5.75 Å². The highest BCUT2D eigenvalue weighted by Crippen LogP contribution is 2.60. The number of nitrogens with one attached hydrogen (secondary N) is 1. The molecule has 1 aliphatic heterocycles. The van der Waals surface area contributed by atoms with Crippen molar-refractivity contribution in [3.05, 3.63) is 105 Å². The Morgan fingerprint density at radius 1 is 0.907 bits per heavy atom. The van der Waals surface area contributed by atoms with Crippen molar-refractivity contribution < 1.29 is 24.0 Å². The number of benzene rings is 3. The highest BCUT2D eigenvalue weighted by molar-refractivity contribution is 6.39. The van der Waals surface area contributed by atoms with Crippen molar-refractivity contribution in [1.29, 1.82) is 0 Å². The monoisotopic (exact) mass is 577 g/mol. The van der Waals surface area contributed by atoms with E-state index in [0.29, 0.717) is 22.6 Å². The first kappa shape index (κ1) is 27.1. The number of anilines is 1. The van der Waals surface area contributed by atoms with Gasteiger partial charge in [0.15, 0.2) is 0 Å². The number of rotatable bonds is 7. The van der Waals surface area contributed by atoms with Gasteiger partial charge in [-0.15, -0.1) is 0 Å². The van der Waals surface area contributed by atoms with E-state index in [1.165, 1.54) is 62.3 Å². The number of amides is 4. The van der Waals surface area contributed by atoms with Gasteiger partial charge in [0.2, 0.25) is 0 Å². The van der Waals surface area contributed by atoms with E-state index in [1.54, 1.807) is 36.4 Å². The van der Waals surface area contributed by atoms with Gasteiger partial charge in [-0.25, -0.2) is 9.69 Å². The first-order valence-electron chi connectivity index (χ1n) is 14.7. The number of barbiturate groups is 1. The van der Waals surface area contributed by atoms with Gasteiger partial charge < -0.3 is 4.74 Å². The molecule has 0 radical (unpaired) electrons. The van der Waals surface area contributed by atoms with Crippen LogP contribution in [-0.4, -0.2) is 22.8 Å². The van der Waals surface area contributed by atoms with Crippen LogP contribution >= 0.6 is 0 Å². The maximum Gasteiger partial charge on any atom is 0.335 e. The quantitative estimate of drug-likeness (QED) is 0.152. The lowest BCUT2D eigenvalue weighted by Gasteiger charge is -2.57. The van der Waals surface area contributed by atoms with Crippen molar-refractivity contribution in [2.24, 2.45) is 17.8 Å². The van der Waals surface area contributed by atoms with Gasteiger partial charge in [0, 0.05) is 12.1 Å². The van der Waals surface area contributed by atoms with Crippen molar-refractivity contribution in [2.75, 3.05) is 4.90 Å². The Kier molecular flexibility index (Phi) is 6.60. The zero-order valence-corrected chi connectivity index (χ0v) is 23.5. The molecule has 0 aromatic heterocycles. The normalized spacial score (nSPS) is 27.0. The summed E-state index contributed by atoms with van der Waals surface area (Å²) in [4.78, 5) is 50.5. The van der Waals surface area contributed by atoms with Crippen LogP contribution in [0.25, 0.3) is 6.08 Å². The van der Waals surface area contributed by atoms with Gasteiger partial charge in [0.05, 0.1) is 10.6 Å². The van der Waals surface area contributed by atoms with Gasteiger partial charge in [-0.3, -0.25) is 25.0 Å². The number of nitro groups is 1. The number of hydrogen-bond acceptors (Lipinski definition) is 6. The van der Waals surface area contributed by atoms with E-state index in [9.17, 15) is 24.5 Å². The Hall–Kier alpha value is -4.79. The summed E-state index contributed by atoms with van der Waals surface area (Å²) in [6, 6.07) is 20.0. The minimum Gasteiger partial charge on any atom is -0.489 e. The Bertz CT molecular complexity index is 1620. The van der Waals surface area contributed by atoms with E-state index in [2.05, 4.69) is 17.4 Å². The highest BCUT2D eigenvalue weighted by atomic mass is 16.6. The van der Waals surface area contributed by atoms with Crippen LogP contribution in [0.5, 0.6) is 5.75 Å².